The summed E-state index contributed by atoms with van der Waals surface area (Å²) < 4.78 is 97.3. The van der Waals surface area contributed by atoms with Gasteiger partial charge in [-0.25, -0.2) is 46.7 Å². The largest absolute Gasteiger partial charge is 0.458 e. The monoisotopic (exact) mass is 1220 g/mol. The van der Waals surface area contributed by atoms with Crippen LogP contribution in [0.2, 0.25) is 0 Å². The molecule has 0 N–H and O–H groups in total. The quantitative estimate of drug-likeness (QED) is 0.0247. The zero-order valence-corrected chi connectivity index (χ0v) is 46.6. The molecule has 2 aliphatic heterocycles. The third kappa shape index (κ3) is 9.63. The fourth-order valence-corrected chi connectivity index (χ4v) is 12.6. The maximum atomic E-state index is 15.3. The van der Waals surface area contributed by atoms with Gasteiger partial charge in [-0.05, 0) is 58.7 Å². The van der Waals surface area contributed by atoms with E-state index in [1.54, 1.807) is 121 Å². The minimum atomic E-state index is -3.03. The van der Waals surface area contributed by atoms with Crippen molar-refractivity contribution in [1.29, 1.82) is 0 Å². The van der Waals surface area contributed by atoms with Crippen molar-refractivity contribution in [1.82, 2.24) is 9.97 Å². The predicted octanol–water partition coefficient (Wildman–Crippen LogP) is 11.3. The Morgan fingerprint density at radius 2 is 0.727 bits per heavy atom. The molecule has 2 aliphatic carbocycles. The molecule has 0 bridgehead atoms. The number of rotatable bonds is 14. The number of aromatic nitrogens is 2. The van der Waals surface area contributed by atoms with Crippen molar-refractivity contribution in [3.63, 3.8) is 0 Å². The Balaban J connectivity index is 1.03. The summed E-state index contributed by atoms with van der Waals surface area (Å²) in [4.78, 5) is 124. The molecule has 4 heterocycles. The van der Waals surface area contributed by atoms with Crippen molar-refractivity contribution in [3.05, 3.63) is 247 Å². The maximum Gasteiger partial charge on any atom is 0.369 e. The summed E-state index contributed by atoms with van der Waals surface area (Å²) in [5.74, 6) is -16.0. The van der Waals surface area contributed by atoms with E-state index in [0.29, 0.717) is 57.1 Å². The molecular formula is C66H36F4N2O14S2. The van der Waals surface area contributed by atoms with E-state index in [1.165, 1.54) is 12.1 Å². The van der Waals surface area contributed by atoms with Gasteiger partial charge in [0.05, 0.1) is 20.9 Å². The number of carbonyl (C=O) groups is 8. The van der Waals surface area contributed by atoms with E-state index in [2.05, 4.69) is 9.97 Å². The van der Waals surface area contributed by atoms with Crippen LogP contribution < -0.4 is 9.47 Å². The number of fused-ring (bicyclic) bond motifs is 8. The van der Waals surface area contributed by atoms with Crippen LogP contribution >= 0.6 is 22.7 Å². The number of thiazole rings is 2. The van der Waals surface area contributed by atoms with Gasteiger partial charge in [0.15, 0.2) is 0 Å². The smallest absolute Gasteiger partial charge is 0.369 e. The van der Waals surface area contributed by atoms with Crippen LogP contribution in [0.1, 0.15) is 75.5 Å². The van der Waals surface area contributed by atoms with Crippen LogP contribution in [0.15, 0.2) is 158 Å². The minimum absolute atomic E-state index is 0.0696. The summed E-state index contributed by atoms with van der Waals surface area (Å²) in [5.41, 5.74) is -8.57. The number of halogens is 4. The zero-order chi connectivity index (χ0) is 61.2. The summed E-state index contributed by atoms with van der Waals surface area (Å²) in [7, 11) is 0. The molecule has 9 aromatic rings. The molecule has 7 aromatic carbocycles. The van der Waals surface area contributed by atoms with Gasteiger partial charge in [0, 0.05) is 45.5 Å². The Bertz CT molecular complexity index is 4170. The number of hydrogen-bond acceptors (Lipinski definition) is 18. The number of ketones is 4. The van der Waals surface area contributed by atoms with E-state index < -0.39 is 153 Å². The van der Waals surface area contributed by atoms with Crippen molar-refractivity contribution >= 4 is 93.0 Å². The molecule has 4 aliphatic rings. The summed E-state index contributed by atoms with van der Waals surface area (Å²) in [6.45, 7) is -1.76. The van der Waals surface area contributed by atoms with Gasteiger partial charge < -0.3 is 28.4 Å². The Labute approximate surface area is 501 Å². The van der Waals surface area contributed by atoms with E-state index in [-0.39, 0.29) is 42.4 Å². The van der Waals surface area contributed by atoms with Crippen LogP contribution in [0, 0.1) is 23.3 Å². The van der Waals surface area contributed by atoms with Crippen LogP contribution in [0.4, 0.5) is 17.6 Å². The summed E-state index contributed by atoms with van der Waals surface area (Å²) >= 11 is 1.39. The summed E-state index contributed by atoms with van der Waals surface area (Å²) in [6, 6.07) is 38.4. The second-order valence-electron chi connectivity index (χ2n) is 20.2. The highest BCUT2D eigenvalue weighted by Gasteiger charge is 2.63. The molecule has 0 saturated heterocycles. The fourth-order valence-electron chi connectivity index (χ4n) is 10.5. The number of carbonyl (C=O) groups excluding carboxylic acids is 8. The normalized spacial score (nSPS) is 15.5. The SMILES string of the molecule is O=C1C(=O)c2c(F)cc(F)cc2/C1=C/c1nc2c(s1)-c1cc3c(cc1OC2(C(=O)OCc1ccccc1)C(=O)OCc1ccccc1)-c1sc(/C=C2\C(=O)C(=O)c4c(F)cc(F)cc42)nc1C(C(=O)OCc1ccccc1)(C(=O)OCc1ccccc1)O3. The van der Waals surface area contributed by atoms with Gasteiger partial charge in [-0.1, -0.05) is 121 Å². The van der Waals surface area contributed by atoms with E-state index in [4.69, 9.17) is 28.4 Å². The molecule has 22 heteroatoms. The van der Waals surface area contributed by atoms with Gasteiger partial charge in [0.2, 0.25) is 23.1 Å². The van der Waals surface area contributed by atoms with Crippen molar-refractivity contribution in [2.75, 3.05) is 0 Å². The molecule has 0 amide bonds. The average Bonchev–Trinajstić information content (AvgIpc) is 1.37. The van der Waals surface area contributed by atoms with Crippen LogP contribution in [0.5, 0.6) is 11.5 Å². The molecule has 0 saturated carbocycles. The topological polar surface area (TPSA) is 218 Å². The van der Waals surface area contributed by atoms with Crippen molar-refractivity contribution in [2.24, 2.45) is 0 Å². The van der Waals surface area contributed by atoms with E-state index in [1.807, 2.05) is 0 Å². The Morgan fingerprint density at radius 3 is 1.03 bits per heavy atom. The first-order valence-electron chi connectivity index (χ1n) is 26.6. The summed E-state index contributed by atoms with van der Waals surface area (Å²) in [5, 5.41) is -0.478. The Kier molecular flexibility index (Phi) is 14.2. The molecular weight excluding hydrogens is 1180 g/mol. The fraction of sp³-hybridized carbons (Fsp3) is 0.0909. The zero-order valence-electron chi connectivity index (χ0n) is 44.9. The molecule has 0 fully saturated rings. The standard InChI is InChI=1S/C66H36F4N2O14S2/c67-37-21-39-41(53(73)55(75)51(39)45(69)23-37)27-49-71-59-57(87-49)43-26-48-44(25-47(43)85-65(59,61(77)81-29-33-13-5-1-6-14-33)62(78)82-30-34-15-7-2-8-16-34)58-60(72-50(88-58)28-42-40-22-38(68)24-46(70)52(40)56(76)54(42)74)66(86-48,63(79)83-31-35-17-9-3-10-18-35)64(80)84-32-36-19-11-4-12-20-36/h1-28H,29-32H2/b41-27-,42-28-. The number of Topliss-reactive ketones (excluding diaryl/α,β-unsaturated/α-hetero) is 4. The number of allylic oxidation sites excluding steroid dienone is 2. The van der Waals surface area contributed by atoms with E-state index in [9.17, 15) is 28.0 Å². The third-order valence-corrected chi connectivity index (χ3v) is 16.7. The van der Waals surface area contributed by atoms with E-state index in [0.717, 1.165) is 24.3 Å². The van der Waals surface area contributed by atoms with E-state index >= 15 is 28.0 Å². The van der Waals surface area contributed by atoms with Crippen LogP contribution in [0.25, 0.3) is 44.2 Å². The summed E-state index contributed by atoms with van der Waals surface area (Å²) in [6.07, 6.45) is 2.08. The van der Waals surface area contributed by atoms with Gasteiger partial charge in [-0.2, -0.15) is 0 Å². The first-order chi connectivity index (χ1) is 42.5. The maximum absolute atomic E-state index is 15.3. The molecule has 0 atom stereocenters. The van der Waals surface area contributed by atoms with Crippen molar-refractivity contribution in [2.45, 2.75) is 37.6 Å². The number of hydrogen-bond donors (Lipinski definition) is 0. The molecule has 434 valence electrons. The Morgan fingerprint density at radius 1 is 0.420 bits per heavy atom. The van der Waals surface area contributed by atoms with Crippen LogP contribution in [0.3, 0.4) is 0 Å². The molecule has 0 radical (unpaired) electrons. The molecule has 88 heavy (non-hydrogen) atoms. The van der Waals surface area contributed by atoms with Crippen molar-refractivity contribution in [3.8, 4) is 32.4 Å². The van der Waals surface area contributed by atoms with Crippen LogP contribution in [-0.4, -0.2) is 57.0 Å². The number of ether oxygens (including phenoxy) is 6. The van der Waals surface area contributed by atoms with Gasteiger partial charge in [-0.3, -0.25) is 19.2 Å². The van der Waals surface area contributed by atoms with Gasteiger partial charge >= 0.3 is 35.1 Å². The van der Waals surface area contributed by atoms with Gasteiger partial charge in [-0.15, -0.1) is 22.7 Å². The lowest BCUT2D eigenvalue weighted by Gasteiger charge is -2.36. The lowest BCUT2D eigenvalue weighted by Crippen LogP contribution is -2.53. The third-order valence-electron chi connectivity index (χ3n) is 14.6. The first-order valence-corrected chi connectivity index (χ1v) is 28.2. The lowest BCUT2D eigenvalue weighted by atomic mass is 9.88. The highest BCUT2D eigenvalue weighted by molar-refractivity contribution is 7.17. The average molecular weight is 1220 g/mol. The van der Waals surface area contributed by atoms with Crippen molar-refractivity contribution < 1.29 is 84.3 Å². The van der Waals surface area contributed by atoms with Crippen LogP contribution in [-0.2, 0) is 85.3 Å². The first kappa shape index (κ1) is 56.3. The Hall–Kier alpha value is -10.8. The number of esters is 4. The minimum Gasteiger partial charge on any atom is -0.458 e. The molecule has 0 unspecified atom stereocenters. The second-order valence-corrected chi connectivity index (χ2v) is 22.2. The highest BCUT2D eigenvalue weighted by atomic mass is 32.1. The second kappa shape index (κ2) is 22.2. The lowest BCUT2D eigenvalue weighted by molar-refractivity contribution is -0.185. The molecule has 13 rings (SSSR count). The molecule has 16 nitrogen and oxygen atoms in total. The number of benzene rings is 7. The molecule has 2 aromatic heterocycles. The van der Waals surface area contributed by atoms with Gasteiger partial charge in [0.25, 0.3) is 0 Å². The van der Waals surface area contributed by atoms with Gasteiger partial charge in [0.1, 0.15) is 82.6 Å². The number of nitrogens with zero attached hydrogens (tertiary/aromatic N) is 2. The predicted molar refractivity (Wildman–Crippen MR) is 305 cm³/mol. The highest BCUT2D eigenvalue weighted by Crippen LogP contribution is 2.57. The molecule has 0 spiro atoms.